The molecule has 0 saturated carbocycles. The van der Waals surface area contributed by atoms with E-state index in [-0.39, 0.29) is 17.9 Å². The van der Waals surface area contributed by atoms with Crippen molar-refractivity contribution in [1.29, 1.82) is 0 Å². The van der Waals surface area contributed by atoms with Crippen molar-refractivity contribution in [3.05, 3.63) is 41.3 Å². The highest BCUT2D eigenvalue weighted by Gasteiger charge is 2.34. The van der Waals surface area contributed by atoms with Crippen molar-refractivity contribution in [2.75, 3.05) is 19.8 Å². The van der Waals surface area contributed by atoms with E-state index in [1.54, 1.807) is 0 Å². The van der Waals surface area contributed by atoms with Crippen molar-refractivity contribution in [3.63, 3.8) is 0 Å². The zero-order valence-corrected chi connectivity index (χ0v) is 16.3. The van der Waals surface area contributed by atoms with Gasteiger partial charge in [0, 0.05) is 12.1 Å². The van der Waals surface area contributed by atoms with Crippen LogP contribution in [0.25, 0.3) is 11.5 Å². The summed E-state index contributed by atoms with van der Waals surface area (Å²) in [5.41, 5.74) is 2.63. The molecule has 1 amide bonds. The van der Waals surface area contributed by atoms with E-state index >= 15 is 0 Å². The van der Waals surface area contributed by atoms with E-state index in [1.165, 1.54) is 5.56 Å². The van der Waals surface area contributed by atoms with Crippen LogP contribution in [0.4, 0.5) is 0 Å². The van der Waals surface area contributed by atoms with Crippen LogP contribution in [-0.2, 0) is 16.0 Å². The highest BCUT2D eigenvalue weighted by Crippen LogP contribution is 2.26. The van der Waals surface area contributed by atoms with Crippen LogP contribution in [0, 0.1) is 6.92 Å². The van der Waals surface area contributed by atoms with Gasteiger partial charge in [-0.2, -0.15) is 0 Å². The summed E-state index contributed by atoms with van der Waals surface area (Å²) in [5.74, 6) is 1.83. The molecule has 3 rings (SSSR count). The lowest BCUT2D eigenvalue weighted by Gasteiger charge is -2.42. The Hall–Kier alpha value is -2.14. The second-order valence-corrected chi connectivity index (χ2v) is 7.89. The van der Waals surface area contributed by atoms with Crippen LogP contribution < -0.4 is 0 Å². The van der Waals surface area contributed by atoms with E-state index in [0.29, 0.717) is 43.0 Å². The molecule has 0 radical (unpaired) electrons. The molecule has 5 heteroatoms. The Labute approximate surface area is 155 Å². The van der Waals surface area contributed by atoms with E-state index < -0.39 is 0 Å². The van der Waals surface area contributed by atoms with Crippen molar-refractivity contribution in [1.82, 2.24) is 9.88 Å². The molecule has 1 aromatic heterocycles. The zero-order valence-electron chi connectivity index (χ0n) is 16.3. The van der Waals surface area contributed by atoms with Crippen LogP contribution in [0.15, 0.2) is 28.7 Å². The van der Waals surface area contributed by atoms with E-state index in [0.717, 1.165) is 5.56 Å². The SMILES string of the molecule is Cc1oc(-c2ccc(C(C)C)cc2)nc1CC(=O)N1CCOCC1(C)C. The Morgan fingerprint density at radius 1 is 1.27 bits per heavy atom. The lowest BCUT2D eigenvalue weighted by atomic mass is 10.0. The standard InChI is InChI=1S/C21H28N2O3/c1-14(2)16-6-8-17(9-7-16)20-22-18(15(3)26-20)12-19(24)23-10-11-25-13-21(23,4)5/h6-9,14H,10-13H2,1-5H3. The maximum atomic E-state index is 12.8. The Bertz CT molecular complexity index is 775. The molecule has 0 aliphatic carbocycles. The molecule has 5 nitrogen and oxygen atoms in total. The number of benzene rings is 1. The minimum atomic E-state index is -0.289. The van der Waals surface area contributed by atoms with Crippen molar-refractivity contribution in [2.24, 2.45) is 0 Å². The molecule has 140 valence electrons. The van der Waals surface area contributed by atoms with Crippen LogP contribution in [0.2, 0.25) is 0 Å². The molecule has 1 aliphatic heterocycles. The van der Waals surface area contributed by atoms with Gasteiger partial charge in [-0.15, -0.1) is 0 Å². The molecule has 26 heavy (non-hydrogen) atoms. The first-order chi connectivity index (χ1) is 12.3. The van der Waals surface area contributed by atoms with Gasteiger partial charge >= 0.3 is 0 Å². The van der Waals surface area contributed by atoms with Crippen LogP contribution in [-0.4, -0.2) is 41.1 Å². The molecule has 0 spiro atoms. The summed E-state index contributed by atoms with van der Waals surface area (Å²) in [6, 6.07) is 8.25. The average molecular weight is 356 g/mol. The van der Waals surface area contributed by atoms with Gasteiger partial charge in [0.25, 0.3) is 0 Å². The normalized spacial score (nSPS) is 16.9. The Kier molecular flexibility index (Phi) is 5.19. The molecule has 0 N–H and O–H groups in total. The third-order valence-electron chi connectivity index (χ3n) is 4.98. The minimum Gasteiger partial charge on any atom is -0.441 e. The molecule has 1 fully saturated rings. The Morgan fingerprint density at radius 2 is 1.96 bits per heavy atom. The topological polar surface area (TPSA) is 55.6 Å². The predicted molar refractivity (Wildman–Crippen MR) is 101 cm³/mol. The number of hydrogen-bond donors (Lipinski definition) is 0. The average Bonchev–Trinajstić information content (AvgIpc) is 2.95. The third-order valence-corrected chi connectivity index (χ3v) is 4.98. The summed E-state index contributed by atoms with van der Waals surface area (Å²) in [6.07, 6.45) is 0.253. The van der Waals surface area contributed by atoms with Gasteiger partial charge in [-0.25, -0.2) is 4.98 Å². The molecule has 0 bridgehead atoms. The number of aryl methyl sites for hydroxylation is 1. The fourth-order valence-corrected chi connectivity index (χ4v) is 3.29. The Balaban J connectivity index is 1.77. The number of ether oxygens (including phenoxy) is 1. The van der Waals surface area contributed by atoms with E-state index in [9.17, 15) is 4.79 Å². The summed E-state index contributed by atoms with van der Waals surface area (Å²) in [7, 11) is 0. The van der Waals surface area contributed by atoms with Crippen molar-refractivity contribution < 1.29 is 13.9 Å². The van der Waals surface area contributed by atoms with Gasteiger partial charge in [0.2, 0.25) is 11.8 Å². The quantitative estimate of drug-likeness (QED) is 0.832. The highest BCUT2D eigenvalue weighted by atomic mass is 16.5. The van der Waals surface area contributed by atoms with Gasteiger partial charge in [0.05, 0.1) is 30.9 Å². The maximum Gasteiger partial charge on any atom is 0.229 e. The van der Waals surface area contributed by atoms with E-state index in [4.69, 9.17) is 9.15 Å². The summed E-state index contributed by atoms with van der Waals surface area (Å²) in [6.45, 7) is 12.0. The second-order valence-electron chi connectivity index (χ2n) is 7.89. The van der Waals surface area contributed by atoms with Crippen molar-refractivity contribution in [3.8, 4) is 11.5 Å². The molecule has 2 heterocycles. The van der Waals surface area contributed by atoms with Crippen molar-refractivity contribution in [2.45, 2.75) is 52.5 Å². The Morgan fingerprint density at radius 3 is 2.58 bits per heavy atom. The molecule has 2 aromatic rings. The van der Waals surface area contributed by atoms with Gasteiger partial charge in [0.1, 0.15) is 5.76 Å². The van der Waals surface area contributed by atoms with Gasteiger partial charge in [0.15, 0.2) is 0 Å². The first-order valence-electron chi connectivity index (χ1n) is 9.23. The molecule has 0 unspecified atom stereocenters. The number of carbonyl (C=O) groups is 1. The number of aromatic nitrogens is 1. The number of carbonyl (C=O) groups excluding carboxylic acids is 1. The largest absolute Gasteiger partial charge is 0.441 e. The highest BCUT2D eigenvalue weighted by molar-refractivity contribution is 5.79. The van der Waals surface area contributed by atoms with E-state index in [2.05, 4.69) is 31.0 Å². The number of oxazole rings is 1. The number of rotatable bonds is 4. The van der Waals surface area contributed by atoms with Crippen LogP contribution >= 0.6 is 0 Å². The fourth-order valence-electron chi connectivity index (χ4n) is 3.29. The number of nitrogens with zero attached hydrogens (tertiary/aromatic N) is 2. The first kappa shape index (κ1) is 18.6. The fraction of sp³-hybridized carbons (Fsp3) is 0.524. The van der Waals surface area contributed by atoms with Crippen LogP contribution in [0.3, 0.4) is 0 Å². The third kappa shape index (κ3) is 3.83. The first-order valence-corrected chi connectivity index (χ1v) is 9.23. The maximum absolute atomic E-state index is 12.8. The molecular weight excluding hydrogens is 328 g/mol. The summed E-state index contributed by atoms with van der Waals surface area (Å²) < 4.78 is 11.3. The summed E-state index contributed by atoms with van der Waals surface area (Å²) in [5, 5.41) is 0. The number of morpholine rings is 1. The van der Waals surface area contributed by atoms with E-state index in [1.807, 2.05) is 37.8 Å². The monoisotopic (exact) mass is 356 g/mol. The van der Waals surface area contributed by atoms with Gasteiger partial charge < -0.3 is 14.1 Å². The second kappa shape index (κ2) is 7.23. The number of amides is 1. The molecule has 1 aromatic carbocycles. The predicted octanol–water partition coefficient (Wildman–Crippen LogP) is 3.95. The van der Waals surface area contributed by atoms with Crippen molar-refractivity contribution >= 4 is 5.91 Å². The molecule has 1 aliphatic rings. The molecule has 0 atom stereocenters. The summed E-state index contributed by atoms with van der Waals surface area (Å²) in [4.78, 5) is 19.3. The lowest BCUT2D eigenvalue weighted by molar-refractivity contribution is -0.145. The molecule has 1 saturated heterocycles. The smallest absolute Gasteiger partial charge is 0.229 e. The lowest BCUT2D eigenvalue weighted by Crippen LogP contribution is -2.56. The number of hydrogen-bond acceptors (Lipinski definition) is 4. The van der Waals surface area contributed by atoms with Gasteiger partial charge in [-0.1, -0.05) is 26.0 Å². The van der Waals surface area contributed by atoms with Gasteiger partial charge in [-0.3, -0.25) is 4.79 Å². The van der Waals surface area contributed by atoms with Crippen LogP contribution in [0.5, 0.6) is 0 Å². The summed E-state index contributed by atoms with van der Waals surface area (Å²) >= 11 is 0. The van der Waals surface area contributed by atoms with Crippen LogP contribution in [0.1, 0.15) is 50.6 Å². The van der Waals surface area contributed by atoms with Gasteiger partial charge in [-0.05, 0) is 44.4 Å². The molecular formula is C21H28N2O3. The zero-order chi connectivity index (χ0) is 18.9. The minimum absolute atomic E-state index is 0.0661.